The monoisotopic (exact) mass is 229 g/mol. The summed E-state index contributed by atoms with van der Waals surface area (Å²) in [7, 11) is 0. The zero-order chi connectivity index (χ0) is 12.1. The lowest BCUT2D eigenvalue weighted by Crippen LogP contribution is -2.32. The molecule has 1 fully saturated rings. The Morgan fingerprint density at radius 1 is 1.47 bits per heavy atom. The average Bonchev–Trinajstić information content (AvgIpc) is 2.90. The molecule has 1 aromatic rings. The summed E-state index contributed by atoms with van der Waals surface area (Å²) >= 11 is 0. The molecule has 17 heavy (non-hydrogen) atoms. The molecule has 0 radical (unpaired) electrons. The van der Waals surface area contributed by atoms with Gasteiger partial charge in [0.15, 0.2) is 0 Å². The van der Waals surface area contributed by atoms with Gasteiger partial charge in [-0.15, -0.1) is 0 Å². The van der Waals surface area contributed by atoms with Crippen LogP contribution < -0.4 is 0 Å². The van der Waals surface area contributed by atoms with Gasteiger partial charge in [0.05, 0.1) is 0 Å². The highest BCUT2D eigenvalue weighted by atomic mass is 15.1. The van der Waals surface area contributed by atoms with Crippen molar-refractivity contribution in [3.05, 3.63) is 29.6 Å². The minimum atomic E-state index is 0.518. The first-order chi connectivity index (χ1) is 8.33. The second kappa shape index (κ2) is 5.79. The van der Waals surface area contributed by atoms with E-state index in [9.17, 15) is 0 Å². The van der Waals surface area contributed by atoms with Crippen molar-refractivity contribution in [2.45, 2.75) is 45.2 Å². The normalized spacial score (nSPS) is 16.3. The number of aromatic nitrogens is 1. The molecule has 0 aromatic carbocycles. The quantitative estimate of drug-likeness (QED) is 0.797. The molecule has 0 amide bonds. The van der Waals surface area contributed by atoms with Gasteiger partial charge in [-0.05, 0) is 37.1 Å². The molecule has 0 saturated heterocycles. The molecule has 1 aromatic heterocycles. The van der Waals surface area contributed by atoms with Gasteiger partial charge in [-0.3, -0.25) is 4.90 Å². The van der Waals surface area contributed by atoms with E-state index in [1.54, 1.807) is 6.20 Å². The molecule has 2 rings (SSSR count). The van der Waals surface area contributed by atoms with Gasteiger partial charge in [-0.25, -0.2) is 4.98 Å². The predicted molar refractivity (Wildman–Crippen MR) is 67.3 cm³/mol. The number of pyridine rings is 1. The first-order valence-electron chi connectivity index (χ1n) is 6.42. The molecule has 3 nitrogen and oxygen atoms in total. The highest BCUT2D eigenvalue weighted by molar-refractivity contribution is 5.25. The van der Waals surface area contributed by atoms with E-state index in [-0.39, 0.29) is 0 Å². The summed E-state index contributed by atoms with van der Waals surface area (Å²) in [5, 5.41) is 8.84. The van der Waals surface area contributed by atoms with Crippen LogP contribution in [0.3, 0.4) is 0 Å². The van der Waals surface area contributed by atoms with Crippen molar-refractivity contribution in [1.29, 1.82) is 5.26 Å². The van der Waals surface area contributed by atoms with Crippen LogP contribution in [0.4, 0.5) is 0 Å². The number of nitriles is 1. The van der Waals surface area contributed by atoms with Crippen molar-refractivity contribution in [3.63, 3.8) is 0 Å². The average molecular weight is 229 g/mol. The van der Waals surface area contributed by atoms with Gasteiger partial charge in [0, 0.05) is 18.8 Å². The van der Waals surface area contributed by atoms with E-state index in [1.807, 2.05) is 12.1 Å². The lowest BCUT2D eigenvalue weighted by Gasteiger charge is -2.27. The first-order valence-corrected chi connectivity index (χ1v) is 6.42. The van der Waals surface area contributed by atoms with E-state index in [0.717, 1.165) is 19.1 Å². The Morgan fingerprint density at radius 3 is 2.88 bits per heavy atom. The zero-order valence-corrected chi connectivity index (χ0v) is 10.4. The van der Waals surface area contributed by atoms with Gasteiger partial charge in [0.1, 0.15) is 11.8 Å². The molecule has 90 valence electrons. The number of hydrogen-bond acceptors (Lipinski definition) is 3. The van der Waals surface area contributed by atoms with Crippen molar-refractivity contribution in [2.75, 3.05) is 6.54 Å². The van der Waals surface area contributed by atoms with E-state index < -0.39 is 0 Å². The third-order valence-electron chi connectivity index (χ3n) is 3.57. The Bertz CT molecular complexity index is 402. The van der Waals surface area contributed by atoms with E-state index in [2.05, 4.69) is 22.9 Å². The van der Waals surface area contributed by atoms with Crippen molar-refractivity contribution in [2.24, 2.45) is 0 Å². The fourth-order valence-corrected chi connectivity index (χ4v) is 2.64. The Hall–Kier alpha value is -1.40. The summed E-state index contributed by atoms with van der Waals surface area (Å²) in [6.45, 7) is 4.23. The van der Waals surface area contributed by atoms with E-state index in [0.29, 0.717) is 5.69 Å². The smallest absolute Gasteiger partial charge is 0.140 e. The molecule has 1 aliphatic carbocycles. The van der Waals surface area contributed by atoms with Crippen LogP contribution in [0.25, 0.3) is 0 Å². The van der Waals surface area contributed by atoms with Crippen LogP contribution in [0.1, 0.15) is 43.9 Å². The lowest BCUT2D eigenvalue weighted by atomic mass is 10.1. The highest BCUT2D eigenvalue weighted by Crippen LogP contribution is 2.24. The van der Waals surface area contributed by atoms with Crippen LogP contribution in [-0.4, -0.2) is 22.5 Å². The second-order valence-electron chi connectivity index (χ2n) is 4.66. The first kappa shape index (κ1) is 12.1. The number of rotatable bonds is 4. The lowest BCUT2D eigenvalue weighted by molar-refractivity contribution is 0.200. The molecule has 0 aliphatic heterocycles. The minimum absolute atomic E-state index is 0.518. The fraction of sp³-hybridized carbons (Fsp3) is 0.571. The Labute approximate surface area is 103 Å². The molecule has 1 saturated carbocycles. The van der Waals surface area contributed by atoms with Crippen molar-refractivity contribution < 1.29 is 0 Å². The zero-order valence-electron chi connectivity index (χ0n) is 10.4. The second-order valence-corrected chi connectivity index (χ2v) is 4.66. The van der Waals surface area contributed by atoms with Crippen LogP contribution in [0.5, 0.6) is 0 Å². The summed E-state index contributed by atoms with van der Waals surface area (Å²) in [6.07, 6.45) is 7.10. The van der Waals surface area contributed by atoms with E-state index in [4.69, 9.17) is 5.26 Å². The minimum Gasteiger partial charge on any atom is -0.296 e. The Balaban J connectivity index is 2.04. The molecule has 0 N–H and O–H groups in total. The highest BCUT2D eigenvalue weighted by Gasteiger charge is 2.21. The summed E-state index contributed by atoms with van der Waals surface area (Å²) in [5.74, 6) is 0. The molecule has 0 bridgehead atoms. The molecular formula is C14H19N3. The predicted octanol–water partition coefficient (Wildman–Crippen LogP) is 2.72. The SMILES string of the molecule is CCN(Cc1ccnc(C#N)c1)C1CCCC1. The Morgan fingerprint density at radius 2 is 2.24 bits per heavy atom. The van der Waals surface area contributed by atoms with Crippen LogP contribution >= 0.6 is 0 Å². The molecule has 0 spiro atoms. The third-order valence-corrected chi connectivity index (χ3v) is 3.57. The summed E-state index contributed by atoms with van der Waals surface area (Å²) in [4.78, 5) is 6.53. The summed E-state index contributed by atoms with van der Waals surface area (Å²) in [5.41, 5.74) is 1.72. The Kier molecular flexibility index (Phi) is 4.11. The van der Waals surface area contributed by atoms with Gasteiger partial charge in [0.25, 0.3) is 0 Å². The molecular weight excluding hydrogens is 210 g/mol. The van der Waals surface area contributed by atoms with Crippen molar-refractivity contribution in [3.8, 4) is 6.07 Å². The maximum absolute atomic E-state index is 8.84. The maximum atomic E-state index is 8.84. The largest absolute Gasteiger partial charge is 0.296 e. The molecule has 1 aliphatic rings. The van der Waals surface area contributed by atoms with Gasteiger partial charge in [0.2, 0.25) is 0 Å². The van der Waals surface area contributed by atoms with E-state index >= 15 is 0 Å². The van der Waals surface area contributed by atoms with Gasteiger partial charge in [-0.2, -0.15) is 5.26 Å². The molecule has 3 heteroatoms. The van der Waals surface area contributed by atoms with Crippen molar-refractivity contribution in [1.82, 2.24) is 9.88 Å². The van der Waals surface area contributed by atoms with Gasteiger partial charge < -0.3 is 0 Å². The van der Waals surface area contributed by atoms with Crippen LogP contribution in [0, 0.1) is 11.3 Å². The number of nitrogens with zero attached hydrogens (tertiary/aromatic N) is 3. The maximum Gasteiger partial charge on any atom is 0.140 e. The summed E-state index contributed by atoms with van der Waals surface area (Å²) < 4.78 is 0. The van der Waals surface area contributed by atoms with Crippen LogP contribution in [0.15, 0.2) is 18.3 Å². The van der Waals surface area contributed by atoms with Crippen LogP contribution in [0.2, 0.25) is 0 Å². The number of hydrogen-bond donors (Lipinski definition) is 0. The van der Waals surface area contributed by atoms with Crippen LogP contribution in [-0.2, 0) is 6.54 Å². The van der Waals surface area contributed by atoms with Gasteiger partial charge in [-0.1, -0.05) is 19.8 Å². The van der Waals surface area contributed by atoms with E-state index in [1.165, 1.54) is 31.2 Å². The van der Waals surface area contributed by atoms with Crippen molar-refractivity contribution >= 4 is 0 Å². The molecule has 0 unspecified atom stereocenters. The van der Waals surface area contributed by atoms with Gasteiger partial charge >= 0.3 is 0 Å². The molecule has 1 heterocycles. The third kappa shape index (κ3) is 3.04. The topological polar surface area (TPSA) is 39.9 Å². The summed E-state index contributed by atoms with van der Waals surface area (Å²) in [6, 6.07) is 6.75. The fourth-order valence-electron chi connectivity index (χ4n) is 2.64. The standard InChI is InChI=1S/C14H19N3/c1-2-17(14-5-3-4-6-14)11-12-7-8-16-13(9-12)10-15/h7-9,14H,2-6,11H2,1H3. The molecule has 0 atom stereocenters.